The largest absolute Gasteiger partial charge is 0.350 e. The second-order valence-corrected chi connectivity index (χ2v) is 5.69. The molecular formula is C15H23FN2O. The summed E-state index contributed by atoms with van der Waals surface area (Å²) in [5, 5.41) is 2.91. The lowest BCUT2D eigenvalue weighted by atomic mass is 10.1. The number of carbonyl (C=O) groups excluding carboxylic acids is 1. The minimum Gasteiger partial charge on any atom is -0.350 e. The minimum atomic E-state index is -0.242. The summed E-state index contributed by atoms with van der Waals surface area (Å²) in [6.45, 7) is 9.22. The Kier molecular flexibility index (Phi) is 5.48. The van der Waals surface area contributed by atoms with E-state index in [1.807, 2.05) is 38.7 Å². The van der Waals surface area contributed by atoms with Crippen LogP contribution in [0.3, 0.4) is 0 Å². The number of halogens is 1. The summed E-state index contributed by atoms with van der Waals surface area (Å²) in [7, 11) is 0. The number of nitrogens with one attached hydrogen (secondary N) is 1. The van der Waals surface area contributed by atoms with Crippen LogP contribution in [-0.2, 0) is 11.3 Å². The molecule has 0 aliphatic heterocycles. The van der Waals surface area contributed by atoms with Gasteiger partial charge in [-0.15, -0.1) is 0 Å². The van der Waals surface area contributed by atoms with E-state index >= 15 is 0 Å². The minimum absolute atomic E-state index is 0.0364. The molecule has 0 unspecified atom stereocenters. The number of benzene rings is 1. The molecule has 1 N–H and O–H groups in total. The molecule has 3 nitrogen and oxygen atoms in total. The highest BCUT2D eigenvalue weighted by molar-refractivity contribution is 5.78. The molecule has 0 fully saturated rings. The third-order valence-corrected chi connectivity index (χ3v) is 2.68. The van der Waals surface area contributed by atoms with E-state index in [4.69, 9.17) is 0 Å². The molecule has 0 atom stereocenters. The molecule has 0 heterocycles. The number of hydrogen-bond acceptors (Lipinski definition) is 2. The molecule has 1 amide bonds. The Morgan fingerprint density at radius 1 is 1.32 bits per heavy atom. The molecule has 19 heavy (non-hydrogen) atoms. The summed E-state index contributed by atoms with van der Waals surface area (Å²) in [5.41, 5.74) is 0.377. The molecule has 4 heteroatoms. The quantitative estimate of drug-likeness (QED) is 0.888. The van der Waals surface area contributed by atoms with E-state index in [-0.39, 0.29) is 23.8 Å². The van der Waals surface area contributed by atoms with Crippen molar-refractivity contribution in [2.45, 2.75) is 39.8 Å². The summed E-state index contributed by atoms with van der Waals surface area (Å²) in [6.07, 6.45) is 0. The molecule has 0 bridgehead atoms. The van der Waals surface area contributed by atoms with Gasteiger partial charge in [0, 0.05) is 17.6 Å². The number of rotatable bonds is 5. The predicted octanol–water partition coefficient (Wildman–Crippen LogP) is 2.56. The van der Waals surface area contributed by atoms with Crippen molar-refractivity contribution in [2.75, 3.05) is 13.1 Å². The standard InChI is InChI=1S/C15H23FN2O/c1-5-18(11-14(19)17-15(2,3)4)10-12-8-6-7-9-13(12)16/h6-9H,5,10-11H2,1-4H3,(H,17,19). The summed E-state index contributed by atoms with van der Waals surface area (Å²) in [6, 6.07) is 6.67. The van der Waals surface area contributed by atoms with Crippen LogP contribution >= 0.6 is 0 Å². The monoisotopic (exact) mass is 266 g/mol. The van der Waals surface area contributed by atoms with Crippen LogP contribution in [0, 0.1) is 5.82 Å². The van der Waals surface area contributed by atoms with E-state index in [0.29, 0.717) is 18.7 Å². The number of carbonyl (C=O) groups is 1. The molecule has 0 saturated carbocycles. The normalized spacial score (nSPS) is 11.7. The fraction of sp³-hybridized carbons (Fsp3) is 0.533. The van der Waals surface area contributed by atoms with Crippen molar-refractivity contribution in [3.8, 4) is 0 Å². The van der Waals surface area contributed by atoms with Crippen molar-refractivity contribution >= 4 is 5.91 Å². The predicted molar refractivity (Wildman–Crippen MR) is 75.2 cm³/mol. The fourth-order valence-electron chi connectivity index (χ4n) is 1.81. The SMILES string of the molecule is CCN(CC(=O)NC(C)(C)C)Cc1ccccc1F. The van der Waals surface area contributed by atoms with Crippen LogP contribution in [-0.4, -0.2) is 29.4 Å². The number of likely N-dealkylation sites (N-methyl/N-ethyl adjacent to an activating group) is 1. The molecular weight excluding hydrogens is 243 g/mol. The number of hydrogen-bond donors (Lipinski definition) is 1. The first-order valence-electron chi connectivity index (χ1n) is 6.58. The third kappa shape index (κ3) is 5.83. The van der Waals surface area contributed by atoms with Crippen molar-refractivity contribution in [1.29, 1.82) is 0 Å². The van der Waals surface area contributed by atoms with Crippen molar-refractivity contribution in [1.82, 2.24) is 10.2 Å². The molecule has 0 aliphatic rings. The number of amides is 1. The molecule has 0 spiro atoms. The highest BCUT2D eigenvalue weighted by Crippen LogP contribution is 2.09. The lowest BCUT2D eigenvalue weighted by molar-refractivity contribution is -0.123. The second kappa shape index (κ2) is 6.66. The van der Waals surface area contributed by atoms with Gasteiger partial charge in [0.05, 0.1) is 6.54 Å². The van der Waals surface area contributed by atoms with Crippen LogP contribution in [0.4, 0.5) is 4.39 Å². The zero-order valence-electron chi connectivity index (χ0n) is 12.2. The molecule has 1 rings (SSSR count). The van der Waals surface area contributed by atoms with Crippen LogP contribution in [0.5, 0.6) is 0 Å². The zero-order chi connectivity index (χ0) is 14.5. The average Bonchev–Trinajstić information content (AvgIpc) is 2.28. The smallest absolute Gasteiger partial charge is 0.234 e. The maximum atomic E-state index is 13.6. The van der Waals surface area contributed by atoms with Gasteiger partial charge >= 0.3 is 0 Å². The highest BCUT2D eigenvalue weighted by atomic mass is 19.1. The van der Waals surface area contributed by atoms with Crippen molar-refractivity contribution in [3.05, 3.63) is 35.6 Å². The Morgan fingerprint density at radius 3 is 2.47 bits per heavy atom. The van der Waals surface area contributed by atoms with Crippen LogP contribution in [0.2, 0.25) is 0 Å². The maximum absolute atomic E-state index is 13.6. The van der Waals surface area contributed by atoms with Gasteiger partial charge in [-0.05, 0) is 33.4 Å². The van der Waals surface area contributed by atoms with E-state index < -0.39 is 0 Å². The first-order valence-corrected chi connectivity index (χ1v) is 6.58. The van der Waals surface area contributed by atoms with Crippen LogP contribution in [0.25, 0.3) is 0 Å². The molecule has 1 aromatic rings. The fourth-order valence-corrected chi connectivity index (χ4v) is 1.81. The Balaban J connectivity index is 2.60. The van der Waals surface area contributed by atoms with Gasteiger partial charge in [-0.2, -0.15) is 0 Å². The number of nitrogens with zero attached hydrogens (tertiary/aromatic N) is 1. The van der Waals surface area contributed by atoms with Crippen molar-refractivity contribution in [2.24, 2.45) is 0 Å². The third-order valence-electron chi connectivity index (χ3n) is 2.68. The first-order chi connectivity index (χ1) is 8.81. The van der Waals surface area contributed by atoms with E-state index in [9.17, 15) is 9.18 Å². The second-order valence-electron chi connectivity index (χ2n) is 5.69. The molecule has 0 aromatic heterocycles. The summed E-state index contributed by atoms with van der Waals surface area (Å²) < 4.78 is 13.6. The van der Waals surface area contributed by atoms with Crippen LogP contribution in [0.15, 0.2) is 24.3 Å². The van der Waals surface area contributed by atoms with E-state index in [0.717, 1.165) is 0 Å². The summed E-state index contributed by atoms with van der Waals surface area (Å²) in [5.74, 6) is -0.261. The lowest BCUT2D eigenvalue weighted by Gasteiger charge is -2.25. The van der Waals surface area contributed by atoms with Crippen molar-refractivity contribution < 1.29 is 9.18 Å². The molecule has 0 aliphatic carbocycles. The summed E-state index contributed by atoms with van der Waals surface area (Å²) >= 11 is 0. The molecule has 0 radical (unpaired) electrons. The Bertz CT molecular complexity index is 426. The van der Waals surface area contributed by atoms with Gasteiger partial charge in [0.15, 0.2) is 0 Å². The van der Waals surface area contributed by atoms with Gasteiger partial charge in [-0.1, -0.05) is 25.1 Å². The Labute approximate surface area is 114 Å². The highest BCUT2D eigenvalue weighted by Gasteiger charge is 2.16. The first kappa shape index (κ1) is 15.6. The molecule has 106 valence electrons. The van der Waals surface area contributed by atoms with Crippen molar-refractivity contribution in [3.63, 3.8) is 0 Å². The average molecular weight is 266 g/mol. The van der Waals surface area contributed by atoms with E-state index in [1.54, 1.807) is 12.1 Å². The van der Waals surface area contributed by atoms with E-state index in [2.05, 4.69) is 5.32 Å². The zero-order valence-corrected chi connectivity index (χ0v) is 12.2. The summed E-state index contributed by atoms with van der Waals surface area (Å²) in [4.78, 5) is 13.8. The Hall–Kier alpha value is -1.42. The van der Waals surface area contributed by atoms with Crippen LogP contribution in [0.1, 0.15) is 33.3 Å². The topological polar surface area (TPSA) is 32.3 Å². The van der Waals surface area contributed by atoms with Gasteiger partial charge in [0.2, 0.25) is 5.91 Å². The van der Waals surface area contributed by atoms with Gasteiger partial charge < -0.3 is 5.32 Å². The van der Waals surface area contributed by atoms with Gasteiger partial charge in [-0.25, -0.2) is 4.39 Å². The van der Waals surface area contributed by atoms with E-state index in [1.165, 1.54) is 6.07 Å². The maximum Gasteiger partial charge on any atom is 0.234 e. The molecule has 1 aromatic carbocycles. The van der Waals surface area contributed by atoms with Gasteiger partial charge in [0.25, 0.3) is 0 Å². The lowest BCUT2D eigenvalue weighted by Crippen LogP contribution is -2.45. The van der Waals surface area contributed by atoms with Gasteiger partial charge in [-0.3, -0.25) is 9.69 Å². The molecule has 0 saturated heterocycles. The van der Waals surface area contributed by atoms with Crippen LogP contribution < -0.4 is 5.32 Å². The van der Waals surface area contributed by atoms with Gasteiger partial charge in [0.1, 0.15) is 5.82 Å². The Morgan fingerprint density at radius 2 is 1.95 bits per heavy atom.